The molecule has 0 aliphatic carbocycles. The van der Waals surface area contributed by atoms with Crippen LogP contribution in [0.2, 0.25) is 0 Å². The number of nitrogens with two attached hydrogens (primary N) is 1. The lowest BCUT2D eigenvalue weighted by Crippen LogP contribution is -2.32. The lowest BCUT2D eigenvalue weighted by atomic mass is 10.0. The van der Waals surface area contributed by atoms with Crippen LogP contribution in [0.1, 0.15) is 31.0 Å². The molecule has 0 aliphatic heterocycles. The van der Waals surface area contributed by atoms with Crippen LogP contribution in [0.4, 0.5) is 17.6 Å². The summed E-state index contributed by atoms with van der Waals surface area (Å²) in [7, 11) is 0. The van der Waals surface area contributed by atoms with E-state index in [1.54, 1.807) is 13.8 Å². The molecule has 0 heterocycles. The van der Waals surface area contributed by atoms with Gasteiger partial charge in [-0.05, 0) is 31.5 Å². The van der Waals surface area contributed by atoms with Gasteiger partial charge in [0.25, 0.3) is 0 Å². The van der Waals surface area contributed by atoms with Crippen molar-refractivity contribution in [3.63, 3.8) is 0 Å². The third kappa shape index (κ3) is 4.16. The molecule has 0 saturated heterocycles. The van der Waals surface area contributed by atoms with Crippen LogP contribution in [0.5, 0.6) is 0 Å². The molecule has 20 heavy (non-hydrogen) atoms. The normalized spacial score (nSPS) is 13.8. The van der Waals surface area contributed by atoms with Crippen molar-refractivity contribution < 1.29 is 27.0 Å². The summed E-state index contributed by atoms with van der Waals surface area (Å²) in [5.74, 6) is -1.36. The monoisotopic (exact) mass is 295 g/mol. The molecule has 0 saturated carbocycles. The van der Waals surface area contributed by atoms with Gasteiger partial charge in [-0.25, -0.2) is 4.39 Å². The van der Waals surface area contributed by atoms with Crippen LogP contribution >= 0.6 is 0 Å². The minimum absolute atomic E-state index is 0.183. The Kier molecular flexibility index (Phi) is 5.91. The van der Waals surface area contributed by atoms with Gasteiger partial charge in [-0.3, -0.25) is 0 Å². The maximum atomic E-state index is 13.5. The molecule has 0 amide bonds. The topological polar surface area (TPSA) is 44.5 Å². The summed E-state index contributed by atoms with van der Waals surface area (Å²) in [5.41, 5.74) is 4.70. The molecular weight excluding hydrogens is 278 g/mol. The van der Waals surface area contributed by atoms with Gasteiger partial charge in [0.2, 0.25) is 0 Å². The molecule has 1 atom stereocenters. The van der Waals surface area contributed by atoms with Crippen molar-refractivity contribution in [1.29, 1.82) is 0 Å². The highest BCUT2D eigenvalue weighted by Gasteiger charge is 2.34. The Hall–Kier alpha value is -1.18. The zero-order valence-electron chi connectivity index (χ0n) is 11.2. The SMILES string of the molecule is CCOC(OCC)C(N)c1ccc(C(F)(F)F)c(F)c1. The molecule has 0 radical (unpaired) electrons. The van der Waals surface area contributed by atoms with E-state index in [1.165, 1.54) is 0 Å². The fourth-order valence-electron chi connectivity index (χ4n) is 1.71. The Balaban J connectivity index is 2.99. The predicted molar refractivity (Wildman–Crippen MR) is 65.4 cm³/mol. The Bertz CT molecular complexity index is 431. The van der Waals surface area contributed by atoms with E-state index in [-0.39, 0.29) is 5.56 Å². The van der Waals surface area contributed by atoms with Crippen molar-refractivity contribution in [2.24, 2.45) is 5.73 Å². The molecule has 1 aromatic carbocycles. The number of halogens is 4. The van der Waals surface area contributed by atoms with Crippen molar-refractivity contribution in [2.75, 3.05) is 13.2 Å². The van der Waals surface area contributed by atoms with Crippen LogP contribution in [-0.2, 0) is 15.7 Å². The summed E-state index contributed by atoms with van der Waals surface area (Å²) >= 11 is 0. The van der Waals surface area contributed by atoms with Gasteiger partial charge in [0, 0.05) is 13.2 Å². The molecule has 114 valence electrons. The maximum absolute atomic E-state index is 13.5. The number of hydrogen-bond donors (Lipinski definition) is 1. The maximum Gasteiger partial charge on any atom is 0.419 e. The number of benzene rings is 1. The fourth-order valence-corrected chi connectivity index (χ4v) is 1.71. The van der Waals surface area contributed by atoms with Crippen molar-refractivity contribution in [2.45, 2.75) is 32.4 Å². The minimum atomic E-state index is -4.73. The molecule has 1 unspecified atom stereocenters. The molecule has 7 heteroatoms. The fraction of sp³-hybridized carbons (Fsp3) is 0.538. The van der Waals surface area contributed by atoms with E-state index in [0.29, 0.717) is 19.3 Å². The van der Waals surface area contributed by atoms with Crippen LogP contribution in [0.25, 0.3) is 0 Å². The van der Waals surface area contributed by atoms with Gasteiger partial charge < -0.3 is 15.2 Å². The zero-order chi connectivity index (χ0) is 15.3. The van der Waals surface area contributed by atoms with E-state index in [2.05, 4.69) is 0 Å². The van der Waals surface area contributed by atoms with Gasteiger partial charge in [-0.1, -0.05) is 6.07 Å². The zero-order valence-corrected chi connectivity index (χ0v) is 11.2. The Labute approximate surface area is 114 Å². The standard InChI is InChI=1S/C13H17F4NO2/c1-3-19-12(20-4-2)11(18)8-5-6-9(10(14)7-8)13(15,16)17/h5-7,11-12H,3-4,18H2,1-2H3. The van der Waals surface area contributed by atoms with Crippen LogP contribution in [0.3, 0.4) is 0 Å². The third-order valence-electron chi connectivity index (χ3n) is 2.64. The first kappa shape index (κ1) is 16.9. The molecule has 1 rings (SSSR count). The first-order valence-corrected chi connectivity index (χ1v) is 6.16. The molecule has 0 aromatic heterocycles. The van der Waals surface area contributed by atoms with Gasteiger partial charge >= 0.3 is 6.18 Å². The first-order valence-electron chi connectivity index (χ1n) is 6.16. The van der Waals surface area contributed by atoms with E-state index in [1.807, 2.05) is 0 Å². The average molecular weight is 295 g/mol. The van der Waals surface area contributed by atoms with Gasteiger partial charge in [0.1, 0.15) is 5.82 Å². The summed E-state index contributed by atoms with van der Waals surface area (Å²) in [5, 5.41) is 0. The summed E-state index contributed by atoms with van der Waals surface area (Å²) in [4.78, 5) is 0. The second-order valence-electron chi connectivity index (χ2n) is 4.04. The number of hydrogen-bond acceptors (Lipinski definition) is 3. The van der Waals surface area contributed by atoms with Crippen LogP contribution in [0.15, 0.2) is 18.2 Å². The van der Waals surface area contributed by atoms with E-state index in [0.717, 1.165) is 12.1 Å². The van der Waals surface area contributed by atoms with Crippen molar-refractivity contribution in [3.05, 3.63) is 35.1 Å². The molecule has 0 bridgehead atoms. The van der Waals surface area contributed by atoms with Gasteiger partial charge in [-0.15, -0.1) is 0 Å². The van der Waals surface area contributed by atoms with E-state index < -0.39 is 29.9 Å². The molecule has 1 aromatic rings. The quantitative estimate of drug-likeness (QED) is 0.647. The van der Waals surface area contributed by atoms with Gasteiger partial charge in [0.05, 0.1) is 11.6 Å². The summed E-state index contributed by atoms with van der Waals surface area (Å²) < 4.78 is 61.4. The first-order chi connectivity index (χ1) is 9.31. The summed E-state index contributed by atoms with van der Waals surface area (Å²) in [6.07, 6.45) is -5.56. The Morgan fingerprint density at radius 3 is 2.10 bits per heavy atom. The molecule has 0 spiro atoms. The molecule has 2 N–H and O–H groups in total. The van der Waals surface area contributed by atoms with Gasteiger partial charge in [0.15, 0.2) is 6.29 Å². The average Bonchev–Trinajstić information content (AvgIpc) is 2.36. The highest BCUT2D eigenvalue weighted by molar-refractivity contribution is 5.28. The van der Waals surface area contributed by atoms with E-state index in [4.69, 9.17) is 15.2 Å². The van der Waals surface area contributed by atoms with Crippen LogP contribution in [0, 0.1) is 5.82 Å². The Morgan fingerprint density at radius 1 is 1.15 bits per heavy atom. The lowest BCUT2D eigenvalue weighted by Gasteiger charge is -2.24. The summed E-state index contributed by atoms with van der Waals surface area (Å²) in [6, 6.07) is 1.69. The largest absolute Gasteiger partial charge is 0.419 e. The molecule has 0 fully saturated rings. The predicted octanol–water partition coefficient (Wildman–Crippen LogP) is 3.24. The van der Waals surface area contributed by atoms with Crippen molar-refractivity contribution in [3.8, 4) is 0 Å². The number of rotatable bonds is 6. The summed E-state index contributed by atoms with van der Waals surface area (Å²) in [6.45, 7) is 4.10. The Morgan fingerprint density at radius 2 is 1.70 bits per heavy atom. The third-order valence-corrected chi connectivity index (χ3v) is 2.64. The van der Waals surface area contributed by atoms with Crippen molar-refractivity contribution in [1.82, 2.24) is 0 Å². The second-order valence-corrected chi connectivity index (χ2v) is 4.04. The number of ether oxygens (including phenoxy) is 2. The molecular formula is C13H17F4NO2. The molecule has 0 aliphatic rings. The van der Waals surface area contributed by atoms with Crippen molar-refractivity contribution >= 4 is 0 Å². The van der Waals surface area contributed by atoms with Gasteiger partial charge in [-0.2, -0.15) is 13.2 Å². The second kappa shape index (κ2) is 7.01. The highest BCUT2D eigenvalue weighted by atomic mass is 19.4. The lowest BCUT2D eigenvalue weighted by molar-refractivity contribution is -0.149. The van der Waals surface area contributed by atoms with Crippen LogP contribution < -0.4 is 5.73 Å². The van der Waals surface area contributed by atoms with E-state index in [9.17, 15) is 17.6 Å². The number of alkyl halides is 3. The highest BCUT2D eigenvalue weighted by Crippen LogP contribution is 2.32. The minimum Gasteiger partial charge on any atom is -0.351 e. The van der Waals surface area contributed by atoms with E-state index >= 15 is 0 Å². The van der Waals surface area contributed by atoms with Crippen LogP contribution in [-0.4, -0.2) is 19.5 Å². The molecule has 3 nitrogen and oxygen atoms in total. The smallest absolute Gasteiger partial charge is 0.351 e.